The predicted octanol–water partition coefficient (Wildman–Crippen LogP) is 1.42. The number of aliphatic hydroxyl groups excluding tert-OH is 4. The van der Waals surface area contributed by atoms with E-state index in [0.29, 0.717) is 22.6 Å². The maximum Gasteiger partial charge on any atom is 0.188 e. The molecule has 4 rings (SSSR count). The largest absolute Gasteiger partial charge is 0.394 e. The smallest absolute Gasteiger partial charge is 0.188 e. The van der Waals surface area contributed by atoms with Crippen molar-refractivity contribution in [1.29, 1.82) is 0 Å². The highest BCUT2D eigenvalue weighted by Crippen LogP contribution is 2.31. The number of halogens is 1. The van der Waals surface area contributed by atoms with Crippen LogP contribution in [0, 0.1) is 6.92 Å². The van der Waals surface area contributed by atoms with Crippen molar-refractivity contribution in [3.8, 4) is 5.75 Å². The first kappa shape index (κ1) is 22.9. The summed E-state index contributed by atoms with van der Waals surface area (Å²) >= 11 is 5.95. The summed E-state index contributed by atoms with van der Waals surface area (Å²) in [6.45, 7) is 1.32. The average molecular weight is 465 g/mol. The average Bonchev–Trinajstić information content (AvgIpc) is 3.18. The molecule has 0 saturated carbocycles. The summed E-state index contributed by atoms with van der Waals surface area (Å²) in [5.41, 5.74) is 3.49. The molecule has 1 saturated heterocycles. The van der Waals surface area contributed by atoms with Gasteiger partial charge in [0.25, 0.3) is 0 Å². The summed E-state index contributed by atoms with van der Waals surface area (Å²) in [4.78, 5) is 10.8. The van der Waals surface area contributed by atoms with Crippen molar-refractivity contribution < 1.29 is 34.9 Å². The van der Waals surface area contributed by atoms with Gasteiger partial charge in [-0.05, 0) is 55.2 Å². The summed E-state index contributed by atoms with van der Waals surface area (Å²) in [7, 11) is 0. The van der Waals surface area contributed by atoms with Crippen LogP contribution >= 0.6 is 11.6 Å². The monoisotopic (exact) mass is 464 g/mol. The molecule has 2 heterocycles. The third-order valence-electron chi connectivity index (χ3n) is 5.50. The zero-order valence-corrected chi connectivity index (χ0v) is 18.1. The van der Waals surface area contributed by atoms with Gasteiger partial charge in [-0.3, -0.25) is 5.10 Å². The first-order valence-electron chi connectivity index (χ1n) is 10.2. The predicted molar refractivity (Wildman–Crippen MR) is 115 cm³/mol. The molecule has 9 nitrogen and oxygen atoms in total. The molecule has 32 heavy (non-hydrogen) atoms. The highest BCUT2D eigenvalue weighted by Gasteiger charge is 2.45. The minimum absolute atomic E-state index is 0.345. The lowest BCUT2D eigenvalue weighted by atomic mass is 9.99. The Bertz CT molecular complexity index is 1060. The quantitative estimate of drug-likeness (QED) is 0.261. The highest BCUT2D eigenvalue weighted by molar-refractivity contribution is 6.30. The van der Waals surface area contributed by atoms with E-state index in [0.717, 1.165) is 28.8 Å². The zero-order valence-electron chi connectivity index (χ0n) is 17.3. The fourth-order valence-corrected chi connectivity index (χ4v) is 3.89. The number of aromatic amines is 1. The number of rotatable bonds is 7. The van der Waals surface area contributed by atoms with Crippen LogP contribution in [-0.4, -0.2) is 67.9 Å². The van der Waals surface area contributed by atoms with E-state index in [9.17, 15) is 20.4 Å². The van der Waals surface area contributed by atoms with Gasteiger partial charge in [0.15, 0.2) is 18.1 Å². The van der Waals surface area contributed by atoms with Crippen LogP contribution in [0.3, 0.4) is 0 Å². The van der Waals surface area contributed by atoms with Gasteiger partial charge in [-0.2, -0.15) is 9.99 Å². The molecule has 0 unspecified atom stereocenters. The molecule has 172 valence electrons. The number of hydrogen-bond acceptors (Lipinski definition) is 8. The molecule has 0 amide bonds. The van der Waals surface area contributed by atoms with Crippen LogP contribution in [0.15, 0.2) is 36.4 Å². The van der Waals surface area contributed by atoms with Gasteiger partial charge in [0.2, 0.25) is 0 Å². The van der Waals surface area contributed by atoms with Gasteiger partial charge in [0.05, 0.1) is 23.2 Å². The van der Waals surface area contributed by atoms with Gasteiger partial charge >= 0.3 is 0 Å². The molecule has 3 aromatic rings. The van der Waals surface area contributed by atoms with E-state index in [4.69, 9.17) is 26.1 Å². The standard InChI is InChI=1S/C22H25ClN2O7/c1-11-8-15-18(14(24-25-15)7-4-12-2-5-13(23)6-3-12)16(9-11)31-32-21-20(28)19(27)17(10-26)30-22(21)29/h2-3,5-6,8-9,17,19-22,26-29H,4,7,10H2,1H3,(H,24,25)/t17-,19-,20+,21-,22-/m1/s1. The van der Waals surface area contributed by atoms with Gasteiger partial charge < -0.3 is 30.1 Å². The van der Waals surface area contributed by atoms with Crippen molar-refractivity contribution in [3.05, 3.63) is 58.2 Å². The summed E-state index contributed by atoms with van der Waals surface area (Å²) in [5.74, 6) is 0.345. The summed E-state index contributed by atoms with van der Waals surface area (Å²) < 4.78 is 5.10. The van der Waals surface area contributed by atoms with E-state index >= 15 is 0 Å². The molecule has 2 aromatic carbocycles. The molecule has 0 radical (unpaired) electrons. The van der Waals surface area contributed by atoms with Crippen molar-refractivity contribution in [3.63, 3.8) is 0 Å². The number of fused-ring (bicyclic) bond motifs is 1. The first-order valence-corrected chi connectivity index (χ1v) is 10.6. The van der Waals surface area contributed by atoms with Crippen LogP contribution in [-0.2, 0) is 22.5 Å². The second-order valence-electron chi connectivity index (χ2n) is 7.86. The Hall–Kier alpha value is -2.24. The fraction of sp³-hybridized carbons (Fsp3) is 0.409. The Kier molecular flexibility index (Phi) is 6.96. The maximum atomic E-state index is 10.3. The zero-order chi connectivity index (χ0) is 22.8. The highest BCUT2D eigenvalue weighted by atomic mass is 35.5. The topological polar surface area (TPSA) is 137 Å². The number of H-pyrrole nitrogens is 1. The van der Waals surface area contributed by atoms with Gasteiger partial charge in [0.1, 0.15) is 18.3 Å². The van der Waals surface area contributed by atoms with Crippen LogP contribution in [0.25, 0.3) is 10.9 Å². The second-order valence-corrected chi connectivity index (χ2v) is 8.29. The molecule has 1 fully saturated rings. The Balaban J connectivity index is 1.53. The molecular formula is C22H25ClN2O7. The van der Waals surface area contributed by atoms with E-state index in [1.165, 1.54) is 0 Å². The number of aromatic nitrogens is 2. The minimum Gasteiger partial charge on any atom is -0.394 e. The van der Waals surface area contributed by atoms with Crippen molar-refractivity contribution in [2.24, 2.45) is 0 Å². The lowest BCUT2D eigenvalue weighted by Gasteiger charge is -2.38. The van der Waals surface area contributed by atoms with E-state index in [-0.39, 0.29) is 0 Å². The second kappa shape index (κ2) is 9.72. The normalized spacial score (nSPS) is 25.9. The first-order chi connectivity index (χ1) is 15.4. The summed E-state index contributed by atoms with van der Waals surface area (Å²) in [5, 5.41) is 48.4. The van der Waals surface area contributed by atoms with Gasteiger partial charge in [0, 0.05) is 5.02 Å². The number of nitrogens with zero attached hydrogens (tertiary/aromatic N) is 1. The maximum absolute atomic E-state index is 10.3. The van der Waals surface area contributed by atoms with Crippen LogP contribution in [0.5, 0.6) is 5.75 Å². The number of benzene rings is 2. The lowest BCUT2D eigenvalue weighted by Crippen LogP contribution is -2.59. The van der Waals surface area contributed by atoms with E-state index in [1.807, 2.05) is 37.3 Å². The van der Waals surface area contributed by atoms with Gasteiger partial charge in [-0.15, -0.1) is 0 Å². The third-order valence-corrected chi connectivity index (χ3v) is 5.75. The molecule has 1 aromatic heterocycles. The number of ether oxygens (including phenoxy) is 1. The summed E-state index contributed by atoms with van der Waals surface area (Å²) in [6.07, 6.45) is -5.72. The summed E-state index contributed by atoms with van der Waals surface area (Å²) in [6, 6.07) is 11.3. The Labute approximate surface area is 189 Å². The number of aliphatic hydroxyl groups is 4. The van der Waals surface area contributed by atoms with Crippen molar-refractivity contribution in [2.45, 2.75) is 50.5 Å². The van der Waals surface area contributed by atoms with Crippen molar-refractivity contribution >= 4 is 22.5 Å². The van der Waals surface area contributed by atoms with E-state index in [2.05, 4.69) is 10.2 Å². The Morgan fingerprint density at radius 2 is 1.84 bits per heavy atom. The molecule has 0 aliphatic carbocycles. The minimum atomic E-state index is -1.60. The van der Waals surface area contributed by atoms with Crippen LogP contribution < -0.4 is 4.89 Å². The number of hydrogen-bond donors (Lipinski definition) is 5. The van der Waals surface area contributed by atoms with Crippen molar-refractivity contribution in [1.82, 2.24) is 10.2 Å². The van der Waals surface area contributed by atoms with E-state index < -0.39 is 37.3 Å². The molecule has 5 N–H and O–H groups in total. The van der Waals surface area contributed by atoms with Crippen LogP contribution in [0.2, 0.25) is 5.02 Å². The van der Waals surface area contributed by atoms with Crippen molar-refractivity contribution in [2.75, 3.05) is 6.61 Å². The third kappa shape index (κ3) is 4.74. The SMILES string of the molecule is Cc1cc(OO[C@@H]2[C@@H](O)[C@H](O)[C@@H](CO)O[C@H]2O)c2c(CCc3ccc(Cl)cc3)n[nH]c2c1. The molecule has 1 aliphatic rings. The van der Waals surface area contributed by atoms with Crippen LogP contribution in [0.4, 0.5) is 0 Å². The number of nitrogens with one attached hydrogen (secondary N) is 1. The molecular weight excluding hydrogens is 440 g/mol. The van der Waals surface area contributed by atoms with Gasteiger partial charge in [-0.25, -0.2) is 0 Å². The fourth-order valence-electron chi connectivity index (χ4n) is 3.77. The molecule has 1 aliphatic heterocycles. The Morgan fingerprint density at radius 3 is 2.56 bits per heavy atom. The molecule has 0 bridgehead atoms. The molecule has 0 spiro atoms. The number of aryl methyl sites for hydroxylation is 3. The van der Waals surface area contributed by atoms with Gasteiger partial charge in [-0.1, -0.05) is 23.7 Å². The van der Waals surface area contributed by atoms with Crippen LogP contribution in [0.1, 0.15) is 16.8 Å². The molecule has 5 atom stereocenters. The Morgan fingerprint density at radius 1 is 1.09 bits per heavy atom. The molecule has 10 heteroatoms. The lowest BCUT2D eigenvalue weighted by molar-refractivity contribution is -0.364. The van der Waals surface area contributed by atoms with E-state index in [1.54, 1.807) is 6.07 Å².